The van der Waals surface area contributed by atoms with Crippen molar-refractivity contribution in [1.82, 2.24) is 0 Å². The van der Waals surface area contributed by atoms with Crippen LogP contribution in [-0.4, -0.2) is 92.0 Å². The van der Waals surface area contributed by atoms with E-state index >= 15 is 0 Å². The van der Waals surface area contributed by atoms with Crippen molar-refractivity contribution in [2.45, 2.75) is 76.5 Å². The Morgan fingerprint density at radius 3 is 2.02 bits per heavy atom. The fourth-order valence-electron chi connectivity index (χ4n) is 4.92. The maximum Gasteiger partial charge on any atom is 0.432 e. The number of carbonyl (C=O) groups is 5. The second-order valence-electron chi connectivity index (χ2n) is 9.58. The Hall–Kier alpha value is -3.92. The van der Waals surface area contributed by atoms with Gasteiger partial charge in [0.25, 0.3) is 5.60 Å². The highest BCUT2D eigenvalue weighted by molar-refractivity contribution is 5.82. The standard InChI is InChI=1S/C26H30F3NO12/c1-12(31)38-11-19-20(39-13(2)32)21(40-14(3)33)22(41-15(4)34)23(42-19)30-9-8-16-10-17(6-7-18(16)30)25(36,24(35)37-5)26(27,28)29/h6-7,10,19-23,36H,8-9,11H2,1-5H3/t19-,20-,21+,22+,23-,25-/m1/s1. The number of rotatable bonds is 8. The van der Waals surface area contributed by atoms with Crippen LogP contribution in [0.4, 0.5) is 18.9 Å². The Bertz CT molecular complexity index is 1240. The van der Waals surface area contributed by atoms with Gasteiger partial charge >= 0.3 is 36.0 Å². The van der Waals surface area contributed by atoms with E-state index in [4.69, 9.17) is 23.7 Å². The van der Waals surface area contributed by atoms with E-state index < -0.39 is 84.4 Å². The lowest BCUT2D eigenvalue weighted by Gasteiger charge is -2.47. The zero-order valence-electron chi connectivity index (χ0n) is 23.3. The first-order valence-electron chi connectivity index (χ1n) is 12.6. The molecule has 1 N–H and O–H groups in total. The van der Waals surface area contributed by atoms with Crippen LogP contribution in [0.2, 0.25) is 0 Å². The predicted octanol–water partition coefficient (Wildman–Crippen LogP) is 1.06. The van der Waals surface area contributed by atoms with E-state index in [9.17, 15) is 42.3 Å². The fourth-order valence-corrected chi connectivity index (χ4v) is 4.92. The smallest absolute Gasteiger partial charge is 0.432 e. The van der Waals surface area contributed by atoms with Gasteiger partial charge in [0, 0.05) is 45.5 Å². The Balaban J connectivity index is 2.10. The Morgan fingerprint density at radius 2 is 1.50 bits per heavy atom. The number of methoxy groups -OCH3 is 1. The molecule has 1 aromatic carbocycles. The largest absolute Gasteiger partial charge is 0.466 e. The number of ether oxygens (including phenoxy) is 6. The lowest BCUT2D eigenvalue weighted by molar-refractivity contribution is -0.266. The first-order chi connectivity index (χ1) is 19.5. The molecule has 0 radical (unpaired) electrons. The summed E-state index contributed by atoms with van der Waals surface area (Å²) in [6, 6.07) is 3.07. The summed E-state index contributed by atoms with van der Waals surface area (Å²) in [6.07, 6.45) is -12.1. The van der Waals surface area contributed by atoms with Crippen molar-refractivity contribution < 1.29 is 70.7 Å². The number of anilines is 1. The topological polar surface area (TPSA) is 164 Å². The number of esters is 5. The van der Waals surface area contributed by atoms with Gasteiger partial charge in [0.05, 0.1) is 7.11 Å². The molecule has 0 unspecified atom stereocenters. The van der Waals surface area contributed by atoms with Crippen LogP contribution < -0.4 is 4.90 Å². The van der Waals surface area contributed by atoms with Crippen LogP contribution in [0.1, 0.15) is 38.8 Å². The number of hydrogen-bond donors (Lipinski definition) is 1. The number of aliphatic hydroxyl groups is 1. The van der Waals surface area contributed by atoms with Crippen molar-refractivity contribution in [1.29, 1.82) is 0 Å². The molecule has 1 aromatic rings. The van der Waals surface area contributed by atoms with Crippen LogP contribution in [0.25, 0.3) is 0 Å². The van der Waals surface area contributed by atoms with E-state index in [1.165, 1.54) is 11.0 Å². The molecule has 3 rings (SSSR count). The molecule has 0 aliphatic carbocycles. The monoisotopic (exact) mass is 605 g/mol. The van der Waals surface area contributed by atoms with E-state index in [0.29, 0.717) is 7.11 Å². The number of alkyl halides is 3. The van der Waals surface area contributed by atoms with E-state index in [2.05, 4.69) is 4.74 Å². The summed E-state index contributed by atoms with van der Waals surface area (Å²) in [5.74, 6) is -5.10. The van der Waals surface area contributed by atoms with Crippen molar-refractivity contribution in [3.8, 4) is 0 Å². The molecule has 0 bridgehead atoms. The van der Waals surface area contributed by atoms with Gasteiger partial charge in [-0.1, -0.05) is 6.07 Å². The van der Waals surface area contributed by atoms with Gasteiger partial charge in [-0.25, -0.2) is 4.79 Å². The van der Waals surface area contributed by atoms with Crippen molar-refractivity contribution in [2.75, 3.05) is 25.2 Å². The van der Waals surface area contributed by atoms with Crippen LogP contribution >= 0.6 is 0 Å². The molecule has 1 fully saturated rings. The molecule has 13 nitrogen and oxygen atoms in total. The second kappa shape index (κ2) is 12.5. The van der Waals surface area contributed by atoms with E-state index in [1.54, 1.807) is 0 Å². The van der Waals surface area contributed by atoms with Gasteiger partial charge < -0.3 is 38.4 Å². The van der Waals surface area contributed by atoms with Crippen molar-refractivity contribution in [3.63, 3.8) is 0 Å². The molecule has 1 saturated heterocycles. The minimum Gasteiger partial charge on any atom is -0.466 e. The van der Waals surface area contributed by atoms with Crippen LogP contribution in [0.3, 0.4) is 0 Å². The van der Waals surface area contributed by atoms with Crippen molar-refractivity contribution in [3.05, 3.63) is 29.3 Å². The number of fused-ring (bicyclic) bond motifs is 1. The Morgan fingerprint density at radius 1 is 0.929 bits per heavy atom. The van der Waals surface area contributed by atoms with E-state index in [0.717, 1.165) is 39.8 Å². The van der Waals surface area contributed by atoms with Crippen molar-refractivity contribution >= 4 is 35.5 Å². The maximum absolute atomic E-state index is 13.8. The summed E-state index contributed by atoms with van der Waals surface area (Å²) in [6.45, 7) is 3.93. The third kappa shape index (κ3) is 6.59. The van der Waals surface area contributed by atoms with Gasteiger partial charge in [0.2, 0.25) is 0 Å². The third-order valence-electron chi connectivity index (χ3n) is 6.59. The second-order valence-corrected chi connectivity index (χ2v) is 9.58. The minimum atomic E-state index is -5.41. The van der Waals surface area contributed by atoms with Crippen LogP contribution in [-0.2, 0) is 64.4 Å². The van der Waals surface area contributed by atoms with Crippen LogP contribution in [0, 0.1) is 0 Å². The van der Waals surface area contributed by atoms with Gasteiger partial charge in [-0.15, -0.1) is 0 Å². The molecule has 16 heteroatoms. The molecule has 232 valence electrons. The van der Waals surface area contributed by atoms with Crippen LogP contribution in [0.5, 0.6) is 0 Å². The molecular formula is C26H30F3NO12. The number of hydrogen-bond acceptors (Lipinski definition) is 13. The first kappa shape index (κ1) is 32.6. The fraction of sp³-hybridized carbons (Fsp3) is 0.577. The number of benzene rings is 1. The Labute approximate surface area is 237 Å². The van der Waals surface area contributed by atoms with Gasteiger partial charge in [0.15, 0.2) is 24.5 Å². The summed E-state index contributed by atoms with van der Waals surface area (Å²) >= 11 is 0. The normalized spacial score (nSPS) is 25.0. The summed E-state index contributed by atoms with van der Waals surface area (Å²) in [4.78, 5) is 61.2. The minimum absolute atomic E-state index is 0.0647. The molecule has 6 atom stereocenters. The molecule has 0 amide bonds. The highest BCUT2D eigenvalue weighted by Crippen LogP contribution is 2.43. The van der Waals surface area contributed by atoms with Crippen LogP contribution in [0.15, 0.2) is 18.2 Å². The number of halogens is 3. The molecule has 0 saturated carbocycles. The Kier molecular flexibility index (Phi) is 9.72. The summed E-state index contributed by atoms with van der Waals surface area (Å²) in [7, 11) is 0.707. The van der Waals surface area contributed by atoms with Gasteiger partial charge in [-0.05, 0) is 24.1 Å². The molecular weight excluding hydrogens is 575 g/mol. The first-order valence-corrected chi connectivity index (χ1v) is 12.6. The zero-order chi connectivity index (χ0) is 31.6. The average Bonchev–Trinajstić information content (AvgIpc) is 3.30. The molecule has 0 spiro atoms. The molecule has 2 aliphatic rings. The number of carbonyl (C=O) groups excluding carboxylic acids is 5. The number of nitrogens with zero attached hydrogens (tertiary/aromatic N) is 1. The molecule has 0 aromatic heterocycles. The average molecular weight is 606 g/mol. The van der Waals surface area contributed by atoms with Gasteiger partial charge in [-0.2, -0.15) is 13.2 Å². The lowest BCUT2D eigenvalue weighted by Crippen LogP contribution is -2.66. The molecule has 2 aliphatic heterocycles. The zero-order valence-corrected chi connectivity index (χ0v) is 23.3. The third-order valence-corrected chi connectivity index (χ3v) is 6.59. The van der Waals surface area contributed by atoms with E-state index in [1.807, 2.05) is 0 Å². The predicted molar refractivity (Wildman–Crippen MR) is 131 cm³/mol. The maximum atomic E-state index is 13.8. The van der Waals surface area contributed by atoms with E-state index in [-0.39, 0.29) is 24.2 Å². The summed E-state index contributed by atoms with van der Waals surface area (Å²) < 4.78 is 73.1. The van der Waals surface area contributed by atoms with Gasteiger partial charge in [0.1, 0.15) is 12.7 Å². The molecule has 2 heterocycles. The summed E-state index contributed by atoms with van der Waals surface area (Å²) in [5.41, 5.74) is -4.21. The quantitative estimate of drug-likeness (QED) is 0.331. The van der Waals surface area contributed by atoms with Gasteiger partial charge in [-0.3, -0.25) is 19.2 Å². The SMILES string of the molecule is COC(=O)[C@](O)(c1ccc2c(c1)CCN2[C@@H]1O[C@H](COC(C)=O)[C@@H](OC(C)=O)[C@H](OC(C)=O)[C@@H]1OC(C)=O)C(F)(F)F. The lowest BCUT2D eigenvalue weighted by atomic mass is 9.91. The van der Waals surface area contributed by atoms with Crippen molar-refractivity contribution in [2.24, 2.45) is 0 Å². The highest BCUT2D eigenvalue weighted by Gasteiger charge is 2.62. The summed E-state index contributed by atoms with van der Waals surface area (Å²) in [5, 5.41) is 10.4. The highest BCUT2D eigenvalue weighted by atomic mass is 19.4. The molecule has 42 heavy (non-hydrogen) atoms.